The average Bonchev–Trinajstić information content (AvgIpc) is 3.43. The molecule has 1 atom stereocenters. The van der Waals surface area contributed by atoms with E-state index in [1.165, 1.54) is 11.1 Å². The van der Waals surface area contributed by atoms with E-state index in [9.17, 15) is 9.90 Å². The molecule has 0 saturated carbocycles. The molecule has 1 heterocycles. The Bertz CT molecular complexity index is 975. The van der Waals surface area contributed by atoms with Gasteiger partial charge in [0.1, 0.15) is 5.75 Å². The maximum atomic E-state index is 12.3. The summed E-state index contributed by atoms with van der Waals surface area (Å²) in [5.74, 6) is 0.844. The number of nitrogens with zero attached hydrogens (tertiary/aromatic N) is 1. The molecule has 7 heteroatoms. The highest BCUT2D eigenvalue weighted by molar-refractivity contribution is 5.93. The zero-order valence-corrected chi connectivity index (χ0v) is 16.8. The Kier molecular flexibility index (Phi) is 6.11. The number of benzene rings is 2. The molecular formula is C23H25N3O4. The fraction of sp³-hybridized carbons (Fsp3) is 0.304. The van der Waals surface area contributed by atoms with Gasteiger partial charge in [-0.2, -0.15) is 0 Å². The summed E-state index contributed by atoms with van der Waals surface area (Å²) in [6.45, 7) is 0.547. The molecule has 7 nitrogen and oxygen atoms in total. The first kappa shape index (κ1) is 20.1. The van der Waals surface area contributed by atoms with Crippen LogP contribution >= 0.6 is 0 Å². The molecule has 1 aliphatic carbocycles. The Balaban J connectivity index is 1.23. The number of fused-ring (bicyclic) bond motifs is 1. The van der Waals surface area contributed by atoms with E-state index in [0.717, 1.165) is 24.2 Å². The van der Waals surface area contributed by atoms with E-state index < -0.39 is 6.10 Å². The van der Waals surface area contributed by atoms with Crippen molar-refractivity contribution in [3.63, 3.8) is 0 Å². The maximum Gasteiger partial charge on any atom is 0.273 e. The summed E-state index contributed by atoms with van der Waals surface area (Å²) in [7, 11) is 1.60. The molecule has 0 aliphatic heterocycles. The van der Waals surface area contributed by atoms with Gasteiger partial charge in [-0.1, -0.05) is 29.4 Å². The van der Waals surface area contributed by atoms with Crippen LogP contribution in [0, 0.1) is 0 Å². The molecule has 0 unspecified atom stereocenters. The lowest BCUT2D eigenvalue weighted by Crippen LogP contribution is -2.41. The van der Waals surface area contributed by atoms with Crippen molar-refractivity contribution < 1.29 is 19.2 Å². The molecule has 3 N–H and O–H groups in total. The van der Waals surface area contributed by atoms with Crippen molar-refractivity contribution >= 4 is 5.91 Å². The van der Waals surface area contributed by atoms with Gasteiger partial charge < -0.3 is 25.0 Å². The van der Waals surface area contributed by atoms with Crippen LogP contribution in [0.15, 0.2) is 59.1 Å². The zero-order valence-electron chi connectivity index (χ0n) is 16.8. The van der Waals surface area contributed by atoms with Crippen molar-refractivity contribution in [3.8, 4) is 17.1 Å². The smallest absolute Gasteiger partial charge is 0.273 e. The van der Waals surface area contributed by atoms with Crippen molar-refractivity contribution in [2.75, 3.05) is 20.2 Å². The van der Waals surface area contributed by atoms with Crippen LogP contribution in [0.1, 0.15) is 21.6 Å². The number of methoxy groups -OCH3 is 1. The van der Waals surface area contributed by atoms with E-state index in [1.54, 1.807) is 13.2 Å². The third-order valence-electron chi connectivity index (χ3n) is 5.31. The summed E-state index contributed by atoms with van der Waals surface area (Å²) in [4.78, 5) is 12.3. The third kappa shape index (κ3) is 4.69. The van der Waals surface area contributed by atoms with Gasteiger partial charge in [-0.25, -0.2) is 0 Å². The minimum Gasteiger partial charge on any atom is -0.497 e. The van der Waals surface area contributed by atoms with E-state index in [-0.39, 0.29) is 18.1 Å². The van der Waals surface area contributed by atoms with Gasteiger partial charge in [0.2, 0.25) is 0 Å². The maximum absolute atomic E-state index is 12.3. The second-order valence-electron chi connectivity index (χ2n) is 7.45. The van der Waals surface area contributed by atoms with Crippen LogP contribution in [-0.4, -0.2) is 48.5 Å². The lowest BCUT2D eigenvalue weighted by molar-refractivity contribution is 0.0905. The van der Waals surface area contributed by atoms with Gasteiger partial charge in [0.05, 0.1) is 13.2 Å². The summed E-state index contributed by atoms with van der Waals surface area (Å²) >= 11 is 0. The molecular weight excluding hydrogens is 382 g/mol. The van der Waals surface area contributed by atoms with E-state index in [0.29, 0.717) is 18.3 Å². The number of nitrogens with one attached hydrogen (secondary N) is 2. The fourth-order valence-electron chi connectivity index (χ4n) is 3.65. The molecule has 0 fully saturated rings. The highest BCUT2D eigenvalue weighted by Crippen LogP contribution is 2.23. The SMILES string of the molecule is COc1ccc(-c2cc(C(=O)NC[C@H](O)CNC3Cc4ccccc4C3)no2)cc1. The highest BCUT2D eigenvalue weighted by atomic mass is 16.5. The van der Waals surface area contributed by atoms with Gasteiger partial charge >= 0.3 is 0 Å². The molecule has 0 spiro atoms. The second kappa shape index (κ2) is 9.11. The molecule has 1 aromatic heterocycles. The van der Waals surface area contributed by atoms with Crippen molar-refractivity contribution in [2.24, 2.45) is 0 Å². The molecule has 2 aromatic carbocycles. The molecule has 4 rings (SSSR count). The normalized spacial score (nSPS) is 14.3. The lowest BCUT2D eigenvalue weighted by Gasteiger charge is -2.16. The largest absolute Gasteiger partial charge is 0.497 e. The Morgan fingerprint density at radius 2 is 1.87 bits per heavy atom. The van der Waals surface area contributed by atoms with Gasteiger partial charge in [0.15, 0.2) is 11.5 Å². The van der Waals surface area contributed by atoms with Crippen LogP contribution in [-0.2, 0) is 12.8 Å². The van der Waals surface area contributed by atoms with Crippen LogP contribution in [0.2, 0.25) is 0 Å². The molecule has 0 saturated heterocycles. The predicted octanol–water partition coefficient (Wildman–Crippen LogP) is 2.20. The number of carbonyl (C=O) groups excluding carboxylic acids is 1. The summed E-state index contributed by atoms with van der Waals surface area (Å²) in [5.41, 5.74) is 3.68. The summed E-state index contributed by atoms with van der Waals surface area (Å²) in [6.07, 6.45) is 1.23. The van der Waals surface area contributed by atoms with Crippen LogP contribution in [0.5, 0.6) is 5.75 Å². The van der Waals surface area contributed by atoms with Crippen LogP contribution in [0.25, 0.3) is 11.3 Å². The topological polar surface area (TPSA) is 96.6 Å². The van der Waals surface area contributed by atoms with Crippen molar-refractivity contribution in [1.82, 2.24) is 15.8 Å². The van der Waals surface area contributed by atoms with Gasteiger partial charge in [0.25, 0.3) is 5.91 Å². The summed E-state index contributed by atoms with van der Waals surface area (Å²) in [5, 5.41) is 20.1. The van der Waals surface area contributed by atoms with Crippen molar-refractivity contribution in [3.05, 3.63) is 71.4 Å². The first-order valence-electron chi connectivity index (χ1n) is 10.00. The lowest BCUT2D eigenvalue weighted by atomic mass is 10.1. The molecule has 30 heavy (non-hydrogen) atoms. The first-order valence-corrected chi connectivity index (χ1v) is 10.00. The van der Waals surface area contributed by atoms with Gasteiger partial charge in [-0.3, -0.25) is 4.79 Å². The van der Waals surface area contributed by atoms with E-state index >= 15 is 0 Å². The van der Waals surface area contributed by atoms with E-state index in [1.807, 2.05) is 24.3 Å². The van der Waals surface area contributed by atoms with Crippen molar-refractivity contribution in [2.45, 2.75) is 25.0 Å². The summed E-state index contributed by atoms with van der Waals surface area (Å²) < 4.78 is 10.4. The number of hydrogen-bond donors (Lipinski definition) is 3. The monoisotopic (exact) mass is 407 g/mol. The Morgan fingerprint density at radius 1 is 1.17 bits per heavy atom. The number of aliphatic hydroxyl groups excluding tert-OH is 1. The average molecular weight is 407 g/mol. The number of hydrogen-bond acceptors (Lipinski definition) is 6. The molecule has 0 bridgehead atoms. The Labute approximate surface area is 175 Å². The summed E-state index contributed by atoms with van der Waals surface area (Å²) in [6, 6.07) is 17.6. The zero-order chi connectivity index (χ0) is 20.9. The van der Waals surface area contributed by atoms with Crippen molar-refractivity contribution in [1.29, 1.82) is 0 Å². The number of amides is 1. The van der Waals surface area contributed by atoms with Gasteiger partial charge in [-0.05, 0) is 48.2 Å². The van der Waals surface area contributed by atoms with Crippen LogP contribution in [0.4, 0.5) is 0 Å². The van der Waals surface area contributed by atoms with Crippen LogP contribution < -0.4 is 15.4 Å². The Hall–Kier alpha value is -3.16. The number of ether oxygens (including phenoxy) is 1. The van der Waals surface area contributed by atoms with Gasteiger partial charge in [-0.15, -0.1) is 0 Å². The minimum absolute atomic E-state index is 0.135. The molecule has 156 valence electrons. The molecule has 1 amide bonds. The number of aromatic nitrogens is 1. The highest BCUT2D eigenvalue weighted by Gasteiger charge is 2.21. The minimum atomic E-state index is -0.689. The van der Waals surface area contributed by atoms with E-state index in [2.05, 4.69) is 40.1 Å². The number of aliphatic hydroxyl groups is 1. The van der Waals surface area contributed by atoms with E-state index in [4.69, 9.17) is 9.26 Å². The third-order valence-corrected chi connectivity index (χ3v) is 5.31. The molecule has 3 aromatic rings. The predicted molar refractivity (Wildman–Crippen MR) is 112 cm³/mol. The Morgan fingerprint density at radius 3 is 2.53 bits per heavy atom. The number of rotatable bonds is 8. The quantitative estimate of drug-likeness (QED) is 0.530. The second-order valence-corrected chi connectivity index (χ2v) is 7.45. The molecule has 1 aliphatic rings. The van der Waals surface area contributed by atoms with Crippen LogP contribution in [0.3, 0.4) is 0 Å². The standard InChI is InChI=1S/C23H25N3O4/c1-29-20-8-6-15(7-9-20)22-12-21(26-30-22)23(28)25-14-19(27)13-24-18-10-16-4-2-3-5-17(16)11-18/h2-9,12,18-19,24,27H,10-11,13-14H2,1H3,(H,25,28)/t19-/m1/s1. The number of carbonyl (C=O) groups is 1. The molecule has 0 radical (unpaired) electrons. The van der Waals surface area contributed by atoms with Gasteiger partial charge in [0, 0.05) is 30.8 Å². The fourth-order valence-corrected chi connectivity index (χ4v) is 3.65. The first-order chi connectivity index (χ1) is 14.6.